The van der Waals surface area contributed by atoms with Crippen LogP contribution in [-0.4, -0.2) is 289 Å². The summed E-state index contributed by atoms with van der Waals surface area (Å²) in [5.41, 5.74) is -2.31. The molecular formula is C76H119F7N12O13. The zero-order chi connectivity index (χ0) is 80.4. The zero-order valence-corrected chi connectivity index (χ0v) is 65.6. The summed E-state index contributed by atoms with van der Waals surface area (Å²) in [5.74, 6) is -15.6. The van der Waals surface area contributed by atoms with Crippen molar-refractivity contribution in [3.05, 3.63) is 12.2 Å². The van der Waals surface area contributed by atoms with E-state index in [1.165, 1.54) is 71.1 Å². The van der Waals surface area contributed by atoms with E-state index in [1.54, 1.807) is 39.8 Å². The minimum absolute atomic E-state index is 0.0136. The Labute approximate surface area is 631 Å². The summed E-state index contributed by atoms with van der Waals surface area (Å²) in [6, 6.07) is -11.2. The topological polar surface area (TPSA) is 279 Å². The average Bonchev–Trinajstić information content (AvgIpc) is 0.913. The van der Waals surface area contributed by atoms with Gasteiger partial charge < -0.3 is 64.8 Å². The fraction of sp³-hybridized carbons (Fsp3) is 0.816. The van der Waals surface area contributed by atoms with Crippen LogP contribution >= 0.6 is 0 Å². The monoisotopic (exact) mass is 1540 g/mol. The Kier molecular flexibility index (Phi) is 30.8. The Balaban J connectivity index is 1.33. The van der Waals surface area contributed by atoms with Gasteiger partial charge in [-0.3, -0.25) is 57.5 Å². The molecule has 2 saturated heterocycles. The highest BCUT2D eigenvalue weighted by Crippen LogP contribution is 2.50. The van der Waals surface area contributed by atoms with Crippen molar-refractivity contribution in [2.45, 2.75) is 268 Å². The van der Waals surface area contributed by atoms with Gasteiger partial charge in [-0.15, -0.1) is 0 Å². The lowest BCUT2D eigenvalue weighted by atomic mass is 9.58. The molecule has 0 aromatic carbocycles. The first kappa shape index (κ1) is 88.1. The molecule has 610 valence electrons. The molecule has 7 rings (SSSR count). The number of rotatable bonds is 14. The number of ether oxygens (including phenoxy) is 1. The predicted molar refractivity (Wildman–Crippen MR) is 386 cm³/mol. The molecule has 4 saturated carbocycles. The first-order chi connectivity index (χ1) is 50.6. The van der Waals surface area contributed by atoms with Gasteiger partial charge in [-0.2, -0.15) is 13.2 Å². The average molecular weight is 1540 g/mol. The Morgan fingerprint density at radius 2 is 1.29 bits per heavy atom. The van der Waals surface area contributed by atoms with E-state index in [4.69, 9.17) is 4.74 Å². The van der Waals surface area contributed by atoms with Crippen LogP contribution in [0, 0.1) is 40.9 Å². The van der Waals surface area contributed by atoms with Crippen molar-refractivity contribution in [3.63, 3.8) is 0 Å². The number of carbonyl (C=O) groups excluding carboxylic acids is 12. The molecule has 32 heteroatoms. The van der Waals surface area contributed by atoms with Gasteiger partial charge in [-0.05, 0) is 139 Å². The zero-order valence-electron chi connectivity index (χ0n) is 65.6. The van der Waals surface area contributed by atoms with E-state index in [0.29, 0.717) is 38.5 Å². The molecule has 0 radical (unpaired) electrons. The fourth-order valence-corrected chi connectivity index (χ4v) is 17.8. The van der Waals surface area contributed by atoms with Crippen molar-refractivity contribution in [2.75, 3.05) is 89.2 Å². The van der Waals surface area contributed by atoms with Crippen LogP contribution in [0.5, 0.6) is 0 Å². The van der Waals surface area contributed by atoms with Crippen molar-refractivity contribution in [2.24, 2.45) is 40.9 Å². The second kappa shape index (κ2) is 37.7. The predicted octanol–water partition coefficient (Wildman–Crippen LogP) is 6.44. The highest BCUT2D eigenvalue weighted by Gasteiger charge is 2.60. The van der Waals surface area contributed by atoms with Crippen LogP contribution in [0.15, 0.2) is 12.2 Å². The van der Waals surface area contributed by atoms with Gasteiger partial charge in [0, 0.05) is 82.5 Å². The SMILES string of the molecule is CCC[C@H]1C(=O)N[C@@H]([C@@H](C)CC)C(=O)N(C)CC(=O)N(C)[C@H]2C/C=C\CCN(C2=O)[C@@H](CC2CCC(C(F)(F)F)CC2)C(=O)N(C)CC(=O)N[C@@H](CCC2CC(F)C(C(F)F)C(F)C2)C(=O)N2C[C@H](OCC)C[C@H]2C(=O)NC2(CC(C)(C)C2)C(=O)N(C)[C@@H](C2CCCC2)C(=O)N(C)[C@H](C(=O)N(C)C)CC(=O)N1C. The van der Waals surface area contributed by atoms with Crippen LogP contribution in [0.2, 0.25) is 0 Å². The van der Waals surface area contributed by atoms with Crippen LogP contribution in [0.3, 0.4) is 0 Å². The molecule has 3 aliphatic heterocycles. The third-order valence-electron chi connectivity index (χ3n) is 24.1. The molecule has 2 bridgehead atoms. The van der Waals surface area contributed by atoms with Crippen molar-refractivity contribution in [1.29, 1.82) is 0 Å². The fourth-order valence-electron chi connectivity index (χ4n) is 17.8. The van der Waals surface area contributed by atoms with Gasteiger partial charge in [0.2, 0.25) is 77.3 Å². The van der Waals surface area contributed by atoms with E-state index in [0.717, 1.165) is 29.4 Å². The van der Waals surface area contributed by atoms with Gasteiger partial charge in [-0.1, -0.05) is 72.5 Å². The maximum Gasteiger partial charge on any atom is 0.391 e. The highest BCUT2D eigenvalue weighted by atomic mass is 19.4. The molecule has 3 heterocycles. The van der Waals surface area contributed by atoms with Crippen molar-refractivity contribution in [3.8, 4) is 0 Å². The van der Waals surface area contributed by atoms with Crippen LogP contribution in [0.1, 0.15) is 183 Å². The third-order valence-corrected chi connectivity index (χ3v) is 24.1. The van der Waals surface area contributed by atoms with E-state index < -0.39 is 229 Å². The Morgan fingerprint density at radius 3 is 1.85 bits per heavy atom. The first-order valence-electron chi connectivity index (χ1n) is 38.8. The molecule has 4 aliphatic carbocycles. The molecule has 25 nitrogen and oxygen atoms in total. The Morgan fingerprint density at radius 1 is 0.667 bits per heavy atom. The lowest BCUT2D eigenvalue weighted by Gasteiger charge is -2.54. The normalized spacial score (nSPS) is 32.3. The van der Waals surface area contributed by atoms with Gasteiger partial charge in [0.1, 0.15) is 66.2 Å². The second-order valence-corrected chi connectivity index (χ2v) is 32.8. The quantitative estimate of drug-likeness (QED) is 0.125. The molecule has 108 heavy (non-hydrogen) atoms. The number of carbonyl (C=O) groups is 12. The maximum atomic E-state index is 15.8. The summed E-state index contributed by atoms with van der Waals surface area (Å²) >= 11 is 0. The maximum absolute atomic E-state index is 15.8. The lowest BCUT2D eigenvalue weighted by Crippen LogP contribution is -2.71. The number of hydrogen-bond donors (Lipinski definition) is 3. The molecular weight excluding hydrogens is 1420 g/mol. The van der Waals surface area contributed by atoms with E-state index in [-0.39, 0.29) is 103 Å². The largest absolute Gasteiger partial charge is 0.391 e. The van der Waals surface area contributed by atoms with Crippen LogP contribution in [-0.2, 0) is 62.3 Å². The van der Waals surface area contributed by atoms with E-state index >= 15 is 37.5 Å². The molecule has 2 unspecified atom stereocenters. The second-order valence-electron chi connectivity index (χ2n) is 32.8. The van der Waals surface area contributed by atoms with Gasteiger partial charge in [0.15, 0.2) is 0 Å². The number of nitrogens with zero attached hydrogens (tertiary/aromatic N) is 9. The van der Waals surface area contributed by atoms with Crippen LogP contribution in [0.25, 0.3) is 0 Å². The van der Waals surface area contributed by atoms with Gasteiger partial charge in [-0.25, -0.2) is 17.6 Å². The van der Waals surface area contributed by atoms with E-state index in [1.807, 2.05) is 13.8 Å². The summed E-state index contributed by atoms with van der Waals surface area (Å²) in [4.78, 5) is 192. The third kappa shape index (κ3) is 21.1. The number of likely N-dealkylation sites (N-methyl/N-ethyl adjacent to an activating group) is 7. The standard InChI is InChI=1S/C76H119F7N12O13/c1-15-23-53-65(99)85-62(44(4)16-2)71(105)89(10)41-60(98)91(12)54-26-19-18-22-33-94(70(54)104)57(36-45-27-30-48(31-28-45)76(81,82)83)69(103)88(9)40-58(96)84-52(32-29-46-34-50(77)61(64(79)80)51(78)35-46)67(101)95-39-49(108-17-3)37-55(95)66(100)86-75(42-74(5,6)43-75)73(107)93(14)63(47-24-20-21-25-47)72(106)92(13)56(68(102)87(7)8)38-59(97)90(53)11/h18-19,44-57,61-64H,15-17,20-43H2,1-14H3,(H,84,96)(H,85,99)(H,86,100)/b19-18-/t44-,45?,46?,48?,49+,50?,51?,52-,53-,54-,55-,56-,57-,61?,62-,63-/m0/s1. The number of alkyl halides is 7. The molecule has 7 aliphatic rings. The summed E-state index contributed by atoms with van der Waals surface area (Å²) in [6.45, 7) is 8.95. The smallest absolute Gasteiger partial charge is 0.377 e. The Bertz CT molecular complexity index is 3220. The summed E-state index contributed by atoms with van der Waals surface area (Å²) in [6.07, 6.45) is -9.57. The first-order valence-corrected chi connectivity index (χ1v) is 38.8. The summed E-state index contributed by atoms with van der Waals surface area (Å²) in [5, 5.41) is 8.54. The summed E-state index contributed by atoms with van der Waals surface area (Å²) < 4.78 is 107. The molecule has 12 amide bonds. The number of hydrogen-bond acceptors (Lipinski definition) is 13. The minimum atomic E-state index is -4.49. The molecule has 0 aromatic rings. The minimum Gasteiger partial charge on any atom is -0.377 e. The molecule has 1 spiro atoms. The van der Waals surface area contributed by atoms with Gasteiger partial charge in [0.05, 0.1) is 37.5 Å². The Hall–Kier alpha value is -7.15. The van der Waals surface area contributed by atoms with E-state index in [2.05, 4.69) is 16.0 Å². The molecule has 12 atom stereocenters. The number of halogens is 7. The summed E-state index contributed by atoms with van der Waals surface area (Å²) in [7, 11) is 11.0. The lowest BCUT2D eigenvalue weighted by molar-refractivity contribution is -0.184. The molecule has 0 aromatic heterocycles. The highest BCUT2D eigenvalue weighted by molar-refractivity contribution is 6.01. The number of amides is 12. The van der Waals surface area contributed by atoms with Gasteiger partial charge in [0.25, 0.3) is 0 Å². The van der Waals surface area contributed by atoms with Crippen LogP contribution < -0.4 is 16.0 Å². The molecule has 6 fully saturated rings. The van der Waals surface area contributed by atoms with Crippen LogP contribution in [0.4, 0.5) is 30.7 Å². The number of nitrogens with one attached hydrogen (secondary N) is 3. The van der Waals surface area contributed by atoms with Crippen molar-refractivity contribution >= 4 is 70.9 Å². The van der Waals surface area contributed by atoms with Crippen molar-refractivity contribution < 1.29 is 93.0 Å². The van der Waals surface area contributed by atoms with Gasteiger partial charge >= 0.3 is 6.18 Å². The van der Waals surface area contributed by atoms with Crippen molar-refractivity contribution in [1.82, 2.24) is 60.0 Å². The molecule has 3 N–H and O–H groups in total. The van der Waals surface area contributed by atoms with E-state index in [9.17, 15) is 50.7 Å². The number of fused-ring (bicyclic) bond motifs is 3.